The molecule has 0 radical (unpaired) electrons. The van der Waals surface area contributed by atoms with E-state index in [1.807, 2.05) is 24.3 Å². The lowest BCUT2D eigenvalue weighted by atomic mass is 10.1. The van der Waals surface area contributed by atoms with Gasteiger partial charge in [-0.05, 0) is 56.0 Å². The Hall–Kier alpha value is -2.99. The van der Waals surface area contributed by atoms with Crippen molar-refractivity contribution in [3.63, 3.8) is 0 Å². The van der Waals surface area contributed by atoms with Crippen molar-refractivity contribution in [3.8, 4) is 11.4 Å². The molecular formula is C21H25N5O. The third-order valence-corrected chi connectivity index (χ3v) is 4.39. The van der Waals surface area contributed by atoms with Crippen molar-refractivity contribution in [2.45, 2.75) is 39.2 Å². The number of benzene rings is 2. The fourth-order valence-corrected chi connectivity index (χ4v) is 2.81. The number of carbonyl (C=O) groups excluding carboxylic acids is 1. The van der Waals surface area contributed by atoms with Crippen LogP contribution in [0.15, 0.2) is 48.5 Å². The fourth-order valence-electron chi connectivity index (χ4n) is 2.81. The summed E-state index contributed by atoms with van der Waals surface area (Å²) < 4.78 is 0. The quantitative estimate of drug-likeness (QED) is 0.533. The molecule has 0 aliphatic rings. The highest BCUT2D eigenvalue weighted by Gasteiger charge is 2.06. The van der Waals surface area contributed by atoms with E-state index >= 15 is 0 Å². The first-order valence-electron chi connectivity index (χ1n) is 9.21. The van der Waals surface area contributed by atoms with Gasteiger partial charge in [-0.15, -0.1) is 0 Å². The zero-order valence-corrected chi connectivity index (χ0v) is 15.5. The third kappa shape index (κ3) is 5.49. The summed E-state index contributed by atoms with van der Waals surface area (Å²) in [5.41, 5.74) is 9.77. The van der Waals surface area contributed by atoms with Gasteiger partial charge in [0.2, 0.25) is 5.91 Å². The lowest BCUT2D eigenvalue weighted by Crippen LogP contribution is -2.11. The van der Waals surface area contributed by atoms with Gasteiger partial charge in [0, 0.05) is 17.7 Å². The van der Waals surface area contributed by atoms with Gasteiger partial charge in [0.15, 0.2) is 5.82 Å². The van der Waals surface area contributed by atoms with Gasteiger partial charge in [-0.2, -0.15) is 5.10 Å². The topological polar surface area (TPSA) is 96.7 Å². The maximum absolute atomic E-state index is 12.1. The zero-order chi connectivity index (χ0) is 19.1. The Morgan fingerprint density at radius 2 is 1.81 bits per heavy atom. The molecule has 3 rings (SSSR count). The summed E-state index contributed by atoms with van der Waals surface area (Å²) in [7, 11) is 0. The van der Waals surface area contributed by atoms with E-state index in [0.29, 0.717) is 24.6 Å². The van der Waals surface area contributed by atoms with Crippen LogP contribution < -0.4 is 11.1 Å². The van der Waals surface area contributed by atoms with Gasteiger partial charge in [-0.3, -0.25) is 9.89 Å². The molecule has 0 aliphatic heterocycles. The summed E-state index contributed by atoms with van der Waals surface area (Å²) in [4.78, 5) is 16.4. The molecule has 0 bridgehead atoms. The summed E-state index contributed by atoms with van der Waals surface area (Å²) in [5, 5.41) is 9.85. The van der Waals surface area contributed by atoms with Gasteiger partial charge in [-0.1, -0.05) is 29.8 Å². The van der Waals surface area contributed by atoms with Crippen LogP contribution in [-0.4, -0.2) is 21.1 Å². The summed E-state index contributed by atoms with van der Waals surface area (Å²) in [5.74, 6) is 1.28. The van der Waals surface area contributed by atoms with E-state index < -0.39 is 0 Å². The number of nitrogens with zero attached hydrogens (tertiary/aromatic N) is 2. The first-order chi connectivity index (χ1) is 13.1. The van der Waals surface area contributed by atoms with Crippen LogP contribution in [0.3, 0.4) is 0 Å². The number of amides is 1. The molecule has 1 aromatic heterocycles. The van der Waals surface area contributed by atoms with Crippen LogP contribution >= 0.6 is 0 Å². The molecule has 6 heteroatoms. The highest BCUT2D eigenvalue weighted by atomic mass is 16.1. The van der Waals surface area contributed by atoms with Gasteiger partial charge in [0.1, 0.15) is 5.82 Å². The predicted octanol–water partition coefficient (Wildman–Crippen LogP) is 3.59. The van der Waals surface area contributed by atoms with E-state index in [0.717, 1.165) is 30.5 Å². The third-order valence-electron chi connectivity index (χ3n) is 4.39. The maximum Gasteiger partial charge on any atom is 0.224 e. The molecule has 0 spiro atoms. The molecule has 0 saturated carbocycles. The fraction of sp³-hybridized carbons (Fsp3) is 0.286. The number of hydrogen-bond acceptors (Lipinski definition) is 4. The Kier molecular flexibility index (Phi) is 6.33. The smallest absolute Gasteiger partial charge is 0.224 e. The SMILES string of the molecule is Cc1ccc(CCCCC(=O)Nc2ccc(-c3n[nH]c(CN)n3)cc2)cc1. The van der Waals surface area contributed by atoms with Crippen molar-refractivity contribution in [3.05, 3.63) is 65.5 Å². The Morgan fingerprint density at radius 1 is 1.07 bits per heavy atom. The lowest BCUT2D eigenvalue weighted by molar-refractivity contribution is -0.116. The number of aromatic nitrogens is 3. The molecule has 1 heterocycles. The molecule has 140 valence electrons. The number of rotatable bonds is 8. The number of carbonyl (C=O) groups is 1. The van der Waals surface area contributed by atoms with E-state index in [2.05, 4.69) is 51.7 Å². The Morgan fingerprint density at radius 3 is 2.48 bits per heavy atom. The van der Waals surface area contributed by atoms with Gasteiger partial charge < -0.3 is 11.1 Å². The molecule has 2 aromatic carbocycles. The summed E-state index contributed by atoms with van der Waals surface area (Å²) >= 11 is 0. The summed E-state index contributed by atoms with van der Waals surface area (Å²) in [6.45, 7) is 2.41. The molecule has 6 nitrogen and oxygen atoms in total. The van der Waals surface area contributed by atoms with Crippen molar-refractivity contribution in [2.75, 3.05) is 5.32 Å². The molecule has 3 aromatic rings. The molecule has 0 fully saturated rings. The van der Waals surface area contributed by atoms with E-state index in [1.54, 1.807) is 0 Å². The van der Waals surface area contributed by atoms with E-state index in [4.69, 9.17) is 5.73 Å². The second-order valence-corrected chi connectivity index (χ2v) is 6.63. The first-order valence-corrected chi connectivity index (χ1v) is 9.21. The van der Waals surface area contributed by atoms with Crippen molar-refractivity contribution in [1.82, 2.24) is 15.2 Å². The number of H-pyrrole nitrogens is 1. The van der Waals surface area contributed by atoms with Gasteiger partial charge in [0.25, 0.3) is 0 Å². The molecular weight excluding hydrogens is 338 g/mol. The highest BCUT2D eigenvalue weighted by Crippen LogP contribution is 2.18. The number of anilines is 1. The molecule has 4 N–H and O–H groups in total. The molecule has 0 aliphatic carbocycles. The molecule has 0 saturated heterocycles. The standard InChI is InChI=1S/C21H25N5O/c1-15-6-8-16(9-7-15)4-2-3-5-20(27)23-18-12-10-17(11-13-18)21-24-19(14-22)25-26-21/h6-13H,2-5,14,22H2,1H3,(H,23,27)(H,24,25,26). The highest BCUT2D eigenvalue weighted by molar-refractivity contribution is 5.90. The minimum absolute atomic E-state index is 0.0370. The number of hydrogen-bond donors (Lipinski definition) is 3. The summed E-state index contributed by atoms with van der Waals surface area (Å²) in [6.07, 6.45) is 3.40. The second kappa shape index (κ2) is 9.09. The van der Waals surface area contributed by atoms with Gasteiger partial charge in [-0.25, -0.2) is 4.98 Å². The number of nitrogens with two attached hydrogens (primary N) is 1. The zero-order valence-electron chi connectivity index (χ0n) is 15.5. The van der Waals surface area contributed by atoms with Gasteiger partial charge in [0.05, 0.1) is 6.54 Å². The Labute approximate surface area is 159 Å². The van der Waals surface area contributed by atoms with Crippen LogP contribution in [0, 0.1) is 6.92 Å². The first kappa shape index (κ1) is 18.8. The van der Waals surface area contributed by atoms with Crippen molar-refractivity contribution in [1.29, 1.82) is 0 Å². The normalized spacial score (nSPS) is 10.7. The van der Waals surface area contributed by atoms with Crippen LogP contribution in [-0.2, 0) is 17.8 Å². The number of aromatic amines is 1. The number of nitrogens with one attached hydrogen (secondary N) is 2. The van der Waals surface area contributed by atoms with Crippen LogP contribution in [0.25, 0.3) is 11.4 Å². The monoisotopic (exact) mass is 363 g/mol. The van der Waals surface area contributed by atoms with E-state index in [1.165, 1.54) is 11.1 Å². The van der Waals surface area contributed by atoms with Crippen LogP contribution in [0.1, 0.15) is 36.2 Å². The summed E-state index contributed by atoms with van der Waals surface area (Å²) in [6, 6.07) is 16.0. The van der Waals surface area contributed by atoms with E-state index in [-0.39, 0.29) is 5.91 Å². The van der Waals surface area contributed by atoms with Crippen molar-refractivity contribution < 1.29 is 4.79 Å². The Bertz CT molecular complexity index is 868. The molecule has 0 unspecified atom stereocenters. The van der Waals surface area contributed by atoms with Crippen molar-refractivity contribution in [2.24, 2.45) is 5.73 Å². The average molecular weight is 363 g/mol. The maximum atomic E-state index is 12.1. The average Bonchev–Trinajstić information content (AvgIpc) is 3.16. The van der Waals surface area contributed by atoms with Crippen LogP contribution in [0.5, 0.6) is 0 Å². The predicted molar refractivity (Wildman–Crippen MR) is 107 cm³/mol. The van der Waals surface area contributed by atoms with Crippen LogP contribution in [0.4, 0.5) is 5.69 Å². The molecule has 0 atom stereocenters. The minimum Gasteiger partial charge on any atom is -0.326 e. The molecule has 1 amide bonds. The number of aryl methyl sites for hydroxylation is 2. The lowest BCUT2D eigenvalue weighted by Gasteiger charge is -2.06. The number of unbranched alkanes of at least 4 members (excludes halogenated alkanes) is 1. The largest absolute Gasteiger partial charge is 0.326 e. The molecule has 27 heavy (non-hydrogen) atoms. The minimum atomic E-state index is 0.0370. The second-order valence-electron chi connectivity index (χ2n) is 6.63. The van der Waals surface area contributed by atoms with E-state index in [9.17, 15) is 4.79 Å². The van der Waals surface area contributed by atoms with Crippen LogP contribution in [0.2, 0.25) is 0 Å². The van der Waals surface area contributed by atoms with Crippen molar-refractivity contribution >= 4 is 11.6 Å². The van der Waals surface area contributed by atoms with Gasteiger partial charge >= 0.3 is 0 Å². The Balaban J connectivity index is 1.43.